The van der Waals surface area contributed by atoms with Gasteiger partial charge in [0.05, 0.1) is 10.6 Å². The van der Waals surface area contributed by atoms with Crippen LogP contribution in [0.1, 0.15) is 22.3 Å². The second-order valence-electron chi connectivity index (χ2n) is 5.24. The van der Waals surface area contributed by atoms with E-state index in [-0.39, 0.29) is 5.91 Å². The fourth-order valence-electron chi connectivity index (χ4n) is 2.21. The number of amides is 1. The minimum atomic E-state index is -0.276. The molecule has 0 aliphatic rings. The number of hydrogen-bond acceptors (Lipinski definition) is 5. The van der Waals surface area contributed by atoms with Gasteiger partial charge in [0.15, 0.2) is 4.34 Å². The van der Waals surface area contributed by atoms with Gasteiger partial charge in [0.2, 0.25) is 5.13 Å². The zero-order valence-corrected chi connectivity index (χ0v) is 15.7. The maximum absolute atomic E-state index is 12.2. The number of nitrogens with one attached hydrogen (secondary N) is 1. The maximum Gasteiger partial charge on any atom is 0.259 e. The van der Waals surface area contributed by atoms with Crippen LogP contribution >= 0.6 is 34.7 Å². The largest absolute Gasteiger partial charge is 0.296 e. The second kappa shape index (κ2) is 8.99. The molecule has 3 aromatic rings. The molecule has 1 amide bonds. The number of carbonyl (C=O) groups is 1. The van der Waals surface area contributed by atoms with E-state index in [4.69, 9.17) is 11.6 Å². The van der Waals surface area contributed by atoms with E-state index in [1.54, 1.807) is 36.0 Å². The van der Waals surface area contributed by atoms with E-state index in [1.807, 2.05) is 6.07 Å². The third-order valence-electron chi connectivity index (χ3n) is 3.42. The van der Waals surface area contributed by atoms with E-state index in [9.17, 15) is 4.79 Å². The normalized spacial score (nSPS) is 10.6. The predicted octanol–water partition coefficient (Wildman–Crippen LogP) is 5.17. The highest BCUT2D eigenvalue weighted by Gasteiger charge is 2.12. The molecule has 1 aromatic heterocycles. The zero-order valence-electron chi connectivity index (χ0n) is 13.3. The zero-order chi connectivity index (χ0) is 17.5. The molecule has 0 aliphatic carbocycles. The van der Waals surface area contributed by atoms with Crippen molar-refractivity contribution in [2.45, 2.75) is 17.2 Å². The number of aryl methyl sites for hydroxylation is 1. The lowest BCUT2D eigenvalue weighted by atomic mass is 10.1. The Morgan fingerprint density at radius 2 is 1.84 bits per heavy atom. The second-order valence-corrected chi connectivity index (χ2v) is 7.97. The molecule has 0 aliphatic heterocycles. The van der Waals surface area contributed by atoms with Gasteiger partial charge in [0, 0.05) is 5.75 Å². The van der Waals surface area contributed by atoms with Crippen molar-refractivity contribution in [2.24, 2.45) is 0 Å². The van der Waals surface area contributed by atoms with Crippen LogP contribution in [0.25, 0.3) is 0 Å². The van der Waals surface area contributed by atoms with Gasteiger partial charge in [-0.2, -0.15) is 0 Å². The summed E-state index contributed by atoms with van der Waals surface area (Å²) in [4.78, 5) is 12.2. The third-order valence-corrected chi connectivity index (χ3v) is 5.81. The number of benzene rings is 2. The van der Waals surface area contributed by atoms with Crippen molar-refractivity contribution in [1.82, 2.24) is 10.2 Å². The summed E-state index contributed by atoms with van der Waals surface area (Å²) in [6.45, 7) is 0. The predicted molar refractivity (Wildman–Crippen MR) is 105 cm³/mol. The molecule has 0 saturated carbocycles. The number of rotatable bonds is 7. The molecule has 4 nitrogen and oxygen atoms in total. The molecule has 7 heteroatoms. The van der Waals surface area contributed by atoms with E-state index in [0.29, 0.717) is 15.7 Å². The highest BCUT2D eigenvalue weighted by Crippen LogP contribution is 2.27. The van der Waals surface area contributed by atoms with Crippen LogP contribution in [0, 0.1) is 0 Å². The monoisotopic (exact) mass is 389 g/mol. The first kappa shape index (κ1) is 17.9. The summed E-state index contributed by atoms with van der Waals surface area (Å²) >= 11 is 9.06. The van der Waals surface area contributed by atoms with Crippen molar-refractivity contribution < 1.29 is 4.79 Å². The van der Waals surface area contributed by atoms with Crippen molar-refractivity contribution in [3.63, 3.8) is 0 Å². The first-order chi connectivity index (χ1) is 12.2. The summed E-state index contributed by atoms with van der Waals surface area (Å²) in [5.41, 5.74) is 1.77. The summed E-state index contributed by atoms with van der Waals surface area (Å²) in [6.07, 6.45) is 2.11. The lowest BCUT2D eigenvalue weighted by Gasteiger charge is -2.02. The van der Waals surface area contributed by atoms with Crippen molar-refractivity contribution in [3.8, 4) is 0 Å². The van der Waals surface area contributed by atoms with E-state index < -0.39 is 0 Å². The number of anilines is 1. The average molecular weight is 390 g/mol. The SMILES string of the molecule is O=C(Nc1nnc(SCCCc2ccccc2)s1)c1ccccc1Cl. The van der Waals surface area contributed by atoms with Crippen LogP contribution in [0.4, 0.5) is 5.13 Å². The Morgan fingerprint density at radius 3 is 2.64 bits per heavy atom. The molecule has 0 unspecified atom stereocenters. The van der Waals surface area contributed by atoms with Gasteiger partial charge in [-0.05, 0) is 30.5 Å². The number of halogens is 1. The number of carbonyl (C=O) groups excluding carboxylic acids is 1. The number of nitrogens with zero attached hydrogens (tertiary/aromatic N) is 2. The molecule has 1 heterocycles. The van der Waals surface area contributed by atoms with Gasteiger partial charge >= 0.3 is 0 Å². The summed E-state index contributed by atoms with van der Waals surface area (Å²) < 4.78 is 0.850. The summed E-state index contributed by atoms with van der Waals surface area (Å²) in [5, 5.41) is 11.8. The van der Waals surface area contributed by atoms with Crippen molar-refractivity contribution in [1.29, 1.82) is 0 Å². The van der Waals surface area contributed by atoms with Crippen LogP contribution in [0.3, 0.4) is 0 Å². The third kappa shape index (κ3) is 5.29. The molecule has 25 heavy (non-hydrogen) atoms. The van der Waals surface area contributed by atoms with Gasteiger partial charge < -0.3 is 0 Å². The lowest BCUT2D eigenvalue weighted by molar-refractivity contribution is 0.102. The molecule has 128 valence electrons. The Balaban J connectivity index is 1.47. The Hall–Kier alpha value is -1.89. The van der Waals surface area contributed by atoms with E-state index in [2.05, 4.69) is 39.8 Å². The van der Waals surface area contributed by atoms with Crippen molar-refractivity contribution in [3.05, 3.63) is 70.7 Å². The van der Waals surface area contributed by atoms with Crippen LogP contribution in [0.2, 0.25) is 5.02 Å². The van der Waals surface area contributed by atoms with Gasteiger partial charge in [-0.15, -0.1) is 10.2 Å². The van der Waals surface area contributed by atoms with Crippen LogP contribution in [0.5, 0.6) is 0 Å². The number of aromatic nitrogens is 2. The van der Waals surface area contributed by atoms with Gasteiger partial charge in [-0.1, -0.05) is 77.2 Å². The summed E-state index contributed by atoms with van der Waals surface area (Å²) in [7, 11) is 0. The molecule has 0 fully saturated rings. The van der Waals surface area contributed by atoms with Crippen LogP contribution in [-0.2, 0) is 6.42 Å². The van der Waals surface area contributed by atoms with Crippen LogP contribution in [0.15, 0.2) is 58.9 Å². The molecule has 3 rings (SSSR count). The molecular weight excluding hydrogens is 374 g/mol. The molecule has 0 saturated heterocycles. The van der Waals surface area contributed by atoms with E-state index in [1.165, 1.54) is 16.9 Å². The maximum atomic E-state index is 12.2. The number of hydrogen-bond donors (Lipinski definition) is 1. The molecule has 0 atom stereocenters. The van der Waals surface area contributed by atoms with Crippen LogP contribution < -0.4 is 5.32 Å². The topological polar surface area (TPSA) is 54.9 Å². The molecule has 2 aromatic carbocycles. The summed E-state index contributed by atoms with van der Waals surface area (Å²) in [5.74, 6) is 0.685. The molecule has 0 spiro atoms. The highest BCUT2D eigenvalue weighted by atomic mass is 35.5. The standard InChI is InChI=1S/C18H16ClN3OS2/c19-15-11-5-4-10-14(15)16(23)20-17-21-22-18(25-17)24-12-6-9-13-7-2-1-3-8-13/h1-5,7-8,10-11H,6,9,12H2,(H,20,21,23). The van der Waals surface area contributed by atoms with Crippen molar-refractivity contribution >= 4 is 45.7 Å². The van der Waals surface area contributed by atoms with Crippen LogP contribution in [-0.4, -0.2) is 21.9 Å². The fraction of sp³-hybridized carbons (Fsp3) is 0.167. The minimum Gasteiger partial charge on any atom is -0.296 e. The molecule has 0 radical (unpaired) electrons. The smallest absolute Gasteiger partial charge is 0.259 e. The van der Waals surface area contributed by atoms with E-state index >= 15 is 0 Å². The Kier molecular flexibility index (Phi) is 6.44. The Labute approximate surface area is 159 Å². The average Bonchev–Trinajstić information content (AvgIpc) is 3.07. The Morgan fingerprint density at radius 1 is 1.08 bits per heavy atom. The minimum absolute atomic E-state index is 0.276. The van der Waals surface area contributed by atoms with Gasteiger partial charge in [-0.3, -0.25) is 10.1 Å². The van der Waals surface area contributed by atoms with E-state index in [0.717, 1.165) is 22.9 Å². The summed E-state index contributed by atoms with van der Waals surface area (Å²) in [6, 6.07) is 17.3. The van der Waals surface area contributed by atoms with Gasteiger partial charge in [-0.25, -0.2) is 0 Å². The quantitative estimate of drug-likeness (QED) is 0.344. The van der Waals surface area contributed by atoms with Gasteiger partial charge in [0.25, 0.3) is 5.91 Å². The van der Waals surface area contributed by atoms with Crippen molar-refractivity contribution in [2.75, 3.05) is 11.1 Å². The Bertz CT molecular complexity index is 839. The molecule has 1 N–H and O–H groups in total. The number of thioether (sulfide) groups is 1. The first-order valence-corrected chi connectivity index (χ1v) is 9.96. The molecular formula is C18H16ClN3OS2. The molecule has 0 bridgehead atoms. The van der Waals surface area contributed by atoms with Gasteiger partial charge in [0.1, 0.15) is 0 Å². The lowest BCUT2D eigenvalue weighted by Crippen LogP contribution is -2.12. The fourth-order valence-corrected chi connectivity index (χ4v) is 4.19. The first-order valence-electron chi connectivity index (χ1n) is 7.78. The highest BCUT2D eigenvalue weighted by molar-refractivity contribution is 8.01.